The quantitative estimate of drug-likeness (QED) is 0.204. The second kappa shape index (κ2) is 10.2. The Morgan fingerprint density at radius 2 is 1.66 bits per heavy atom. The molecule has 9 heteroatoms. The van der Waals surface area contributed by atoms with Crippen molar-refractivity contribution < 1.29 is 28.5 Å². The van der Waals surface area contributed by atoms with E-state index in [-0.39, 0.29) is 11.6 Å². The third kappa shape index (κ3) is 4.91. The molecule has 0 bridgehead atoms. The highest BCUT2D eigenvalue weighted by Crippen LogP contribution is 2.45. The number of methoxy groups -OCH3 is 1. The van der Waals surface area contributed by atoms with Gasteiger partial charge in [0.15, 0.2) is 17.4 Å². The molecule has 0 amide bonds. The second-order valence-corrected chi connectivity index (χ2v) is 10.2. The first kappa shape index (κ1) is 25.9. The summed E-state index contributed by atoms with van der Waals surface area (Å²) in [5.41, 5.74) is 2.90. The summed E-state index contributed by atoms with van der Waals surface area (Å²) in [5.74, 6) is -4.13. The van der Waals surface area contributed by atoms with E-state index in [1.807, 2.05) is 42.5 Å². The van der Waals surface area contributed by atoms with Crippen molar-refractivity contribution in [2.24, 2.45) is 5.92 Å². The van der Waals surface area contributed by atoms with Crippen LogP contribution in [-0.2, 0) is 25.7 Å². The number of H-pyrrole nitrogens is 1. The van der Waals surface area contributed by atoms with Crippen LogP contribution in [0.1, 0.15) is 36.5 Å². The molecule has 1 N–H and O–H groups in total. The molecule has 0 unspecified atom stereocenters. The number of ether oxygens (including phenoxy) is 4. The summed E-state index contributed by atoms with van der Waals surface area (Å²) in [5, 5.41) is 1.65. The molecule has 0 radical (unpaired) electrons. The van der Waals surface area contributed by atoms with Crippen LogP contribution >= 0.6 is 23.2 Å². The number of carbonyl (C=O) groups is 2. The van der Waals surface area contributed by atoms with Gasteiger partial charge < -0.3 is 23.9 Å². The zero-order valence-electron chi connectivity index (χ0n) is 20.9. The van der Waals surface area contributed by atoms with Crippen molar-refractivity contribution in [3.63, 3.8) is 0 Å². The Labute approximate surface area is 229 Å². The van der Waals surface area contributed by atoms with Crippen molar-refractivity contribution >= 4 is 46.0 Å². The Kier molecular flexibility index (Phi) is 6.99. The fourth-order valence-corrected chi connectivity index (χ4v) is 5.19. The van der Waals surface area contributed by atoms with Crippen LogP contribution in [0.25, 0.3) is 10.9 Å². The Bertz CT molecular complexity index is 1510. The van der Waals surface area contributed by atoms with E-state index in [1.54, 1.807) is 24.4 Å². The minimum Gasteiger partial charge on any atom is -0.493 e. The molecule has 4 aromatic rings. The van der Waals surface area contributed by atoms with Gasteiger partial charge in [-0.1, -0.05) is 59.6 Å². The number of aromatic amines is 1. The Morgan fingerprint density at radius 1 is 0.974 bits per heavy atom. The lowest BCUT2D eigenvalue weighted by atomic mass is 9.79. The standard InChI is InChI=1S/C29H25Cl2NO6/c1-29(2)37-27(33)25(28(34)38-29)24(19-14-32-22-11-7-5-9-18(19)22)17-12-21(31)26(23(13-17)35-3)36-15-16-8-4-6-10-20(16)30/h4-14,24-25,32H,15H2,1-3H3/t24-/m1/s1. The average molecular weight is 554 g/mol. The van der Waals surface area contributed by atoms with Gasteiger partial charge in [0.2, 0.25) is 0 Å². The predicted octanol–water partition coefficient (Wildman–Crippen LogP) is 6.65. The highest BCUT2D eigenvalue weighted by molar-refractivity contribution is 6.32. The molecule has 1 aromatic heterocycles. The van der Waals surface area contributed by atoms with Gasteiger partial charge in [-0.3, -0.25) is 9.59 Å². The maximum absolute atomic E-state index is 13.2. The van der Waals surface area contributed by atoms with Crippen LogP contribution in [0.2, 0.25) is 10.0 Å². The monoisotopic (exact) mass is 553 g/mol. The summed E-state index contributed by atoms with van der Waals surface area (Å²) < 4.78 is 22.6. The summed E-state index contributed by atoms with van der Waals surface area (Å²) in [4.78, 5) is 29.7. The Balaban J connectivity index is 1.60. The van der Waals surface area contributed by atoms with E-state index in [9.17, 15) is 9.59 Å². The number of esters is 2. The van der Waals surface area contributed by atoms with Crippen LogP contribution in [0, 0.1) is 5.92 Å². The summed E-state index contributed by atoms with van der Waals surface area (Å²) in [6, 6.07) is 18.3. The predicted molar refractivity (Wildman–Crippen MR) is 144 cm³/mol. The molecule has 0 saturated carbocycles. The largest absolute Gasteiger partial charge is 0.493 e. The van der Waals surface area contributed by atoms with Crippen LogP contribution < -0.4 is 9.47 Å². The van der Waals surface area contributed by atoms with Gasteiger partial charge in [-0.05, 0) is 35.4 Å². The van der Waals surface area contributed by atoms with Crippen molar-refractivity contribution in [1.29, 1.82) is 0 Å². The van der Waals surface area contributed by atoms with Crippen LogP contribution in [0.3, 0.4) is 0 Å². The first-order valence-corrected chi connectivity index (χ1v) is 12.7. The SMILES string of the molecule is COc1cc([C@H](c2c[nH]c3ccccc23)C2C(=O)OC(C)(C)OC2=O)cc(Cl)c1OCc1ccccc1Cl. The Morgan fingerprint density at radius 3 is 2.37 bits per heavy atom. The van der Waals surface area contributed by atoms with Crippen molar-refractivity contribution in [3.8, 4) is 11.5 Å². The number of halogens is 2. The minimum absolute atomic E-state index is 0.164. The number of rotatable bonds is 7. The number of hydrogen-bond donors (Lipinski definition) is 1. The van der Waals surface area contributed by atoms with Crippen LogP contribution in [0.4, 0.5) is 0 Å². The number of benzene rings is 3. The first-order chi connectivity index (χ1) is 18.2. The molecule has 5 rings (SSSR count). The third-order valence-corrected chi connectivity index (χ3v) is 7.08. The smallest absolute Gasteiger partial charge is 0.324 e. The normalized spacial score (nSPS) is 16.1. The lowest BCUT2D eigenvalue weighted by molar-refractivity contribution is -0.240. The summed E-state index contributed by atoms with van der Waals surface area (Å²) in [6.45, 7) is 3.20. The van der Waals surface area contributed by atoms with E-state index in [2.05, 4.69) is 4.98 Å². The molecule has 38 heavy (non-hydrogen) atoms. The summed E-state index contributed by atoms with van der Waals surface area (Å²) in [7, 11) is 1.49. The minimum atomic E-state index is -1.36. The molecule has 0 spiro atoms. The van der Waals surface area contributed by atoms with Gasteiger partial charge in [0, 0.05) is 47.5 Å². The van der Waals surface area contributed by atoms with E-state index in [4.69, 9.17) is 42.1 Å². The molecular formula is C29H25Cl2NO6. The van der Waals surface area contributed by atoms with E-state index in [0.717, 1.165) is 16.5 Å². The fourth-order valence-electron chi connectivity index (χ4n) is 4.73. The fraction of sp³-hybridized carbons (Fsp3) is 0.241. The van der Waals surface area contributed by atoms with E-state index >= 15 is 0 Å². The van der Waals surface area contributed by atoms with Crippen molar-refractivity contribution in [1.82, 2.24) is 4.98 Å². The number of hydrogen-bond acceptors (Lipinski definition) is 6. The van der Waals surface area contributed by atoms with Gasteiger partial charge in [-0.2, -0.15) is 0 Å². The molecule has 1 aliphatic heterocycles. The average Bonchev–Trinajstić information content (AvgIpc) is 3.29. The molecule has 1 atom stereocenters. The molecule has 7 nitrogen and oxygen atoms in total. The maximum atomic E-state index is 13.2. The zero-order chi connectivity index (χ0) is 27.0. The molecule has 1 fully saturated rings. The molecule has 3 aromatic carbocycles. The van der Waals surface area contributed by atoms with Gasteiger partial charge in [0.25, 0.3) is 5.79 Å². The van der Waals surface area contributed by atoms with E-state index < -0.39 is 29.6 Å². The molecule has 196 valence electrons. The Hall–Kier alpha value is -3.68. The third-order valence-electron chi connectivity index (χ3n) is 6.43. The van der Waals surface area contributed by atoms with Gasteiger partial charge in [0.1, 0.15) is 6.61 Å². The van der Waals surface area contributed by atoms with Crippen LogP contribution in [0.5, 0.6) is 11.5 Å². The molecular weight excluding hydrogens is 529 g/mol. The van der Waals surface area contributed by atoms with Gasteiger partial charge in [-0.25, -0.2) is 0 Å². The lowest BCUT2D eigenvalue weighted by Crippen LogP contribution is -2.48. The zero-order valence-corrected chi connectivity index (χ0v) is 22.4. The van der Waals surface area contributed by atoms with Crippen molar-refractivity contribution in [3.05, 3.63) is 93.6 Å². The highest BCUT2D eigenvalue weighted by Gasteiger charge is 2.49. The molecule has 0 aliphatic carbocycles. The highest BCUT2D eigenvalue weighted by atomic mass is 35.5. The number of nitrogens with one attached hydrogen (secondary N) is 1. The van der Waals surface area contributed by atoms with E-state index in [0.29, 0.717) is 27.6 Å². The van der Waals surface area contributed by atoms with Gasteiger partial charge in [0.05, 0.1) is 12.1 Å². The number of fused-ring (bicyclic) bond motifs is 1. The molecule has 1 saturated heterocycles. The molecule has 1 aliphatic rings. The maximum Gasteiger partial charge on any atom is 0.324 e. The molecule has 2 heterocycles. The van der Waals surface area contributed by atoms with Gasteiger partial charge in [-0.15, -0.1) is 0 Å². The van der Waals surface area contributed by atoms with Crippen molar-refractivity contribution in [2.75, 3.05) is 7.11 Å². The number of cyclic esters (lactones) is 2. The lowest BCUT2D eigenvalue weighted by Gasteiger charge is -2.36. The number of aromatic nitrogens is 1. The second-order valence-electron chi connectivity index (χ2n) is 9.40. The number of carbonyl (C=O) groups excluding carboxylic acids is 2. The van der Waals surface area contributed by atoms with E-state index in [1.165, 1.54) is 21.0 Å². The summed E-state index contributed by atoms with van der Waals surface area (Å²) >= 11 is 13.0. The van der Waals surface area contributed by atoms with Crippen molar-refractivity contribution in [2.45, 2.75) is 32.2 Å². The summed E-state index contributed by atoms with van der Waals surface area (Å²) in [6.07, 6.45) is 1.78. The van der Waals surface area contributed by atoms with Crippen LogP contribution in [0.15, 0.2) is 66.9 Å². The first-order valence-electron chi connectivity index (χ1n) is 11.9. The number of para-hydroxylation sites is 1. The topological polar surface area (TPSA) is 86.9 Å². The van der Waals surface area contributed by atoms with Gasteiger partial charge >= 0.3 is 11.9 Å². The van der Waals surface area contributed by atoms with Crippen LogP contribution in [-0.4, -0.2) is 29.8 Å².